The van der Waals surface area contributed by atoms with Crippen molar-refractivity contribution in [3.8, 4) is 16.9 Å². The molecule has 6 rings (SSSR count). The molecule has 0 spiro atoms. The third-order valence-corrected chi connectivity index (χ3v) is 6.15. The lowest BCUT2D eigenvalue weighted by molar-refractivity contribution is 1.11. The van der Waals surface area contributed by atoms with Crippen LogP contribution in [0.2, 0.25) is 0 Å². The maximum absolute atomic E-state index is 4.57. The zero-order valence-electron chi connectivity index (χ0n) is 17.5. The Balaban J connectivity index is 1.73. The van der Waals surface area contributed by atoms with Crippen LogP contribution in [0, 0.1) is 0 Å². The van der Waals surface area contributed by atoms with Crippen LogP contribution in [0.15, 0.2) is 98.2 Å². The largest absolute Gasteiger partial charge is 0.354 e. The number of aromatic nitrogens is 3. The third-order valence-electron chi connectivity index (χ3n) is 6.15. The van der Waals surface area contributed by atoms with E-state index in [0.717, 1.165) is 50.1 Å². The lowest BCUT2D eigenvalue weighted by Gasteiger charge is -2.09. The first kappa shape index (κ1) is 18.4. The SMILES string of the molecule is C=Cc1c(C=C)n(-c2ccccc2)c2cc3c(cc12)[nH]c1c(-c2ccccn2)cccc13. The van der Waals surface area contributed by atoms with E-state index >= 15 is 0 Å². The minimum Gasteiger partial charge on any atom is -0.354 e. The molecule has 0 aliphatic rings. The van der Waals surface area contributed by atoms with Gasteiger partial charge in [0.25, 0.3) is 0 Å². The highest BCUT2D eigenvalue weighted by Crippen LogP contribution is 2.38. The van der Waals surface area contributed by atoms with Crippen LogP contribution in [0.1, 0.15) is 11.3 Å². The van der Waals surface area contributed by atoms with Gasteiger partial charge in [0, 0.05) is 44.7 Å². The van der Waals surface area contributed by atoms with Crippen LogP contribution in [-0.2, 0) is 0 Å². The molecular weight excluding hydrogens is 390 g/mol. The maximum Gasteiger partial charge on any atom is 0.0723 e. The number of nitrogens with one attached hydrogen (secondary N) is 1. The van der Waals surface area contributed by atoms with Crippen molar-refractivity contribution in [2.45, 2.75) is 0 Å². The van der Waals surface area contributed by atoms with Gasteiger partial charge in [-0.2, -0.15) is 0 Å². The summed E-state index contributed by atoms with van der Waals surface area (Å²) >= 11 is 0. The van der Waals surface area contributed by atoms with Gasteiger partial charge in [-0.1, -0.05) is 61.7 Å². The van der Waals surface area contributed by atoms with E-state index in [-0.39, 0.29) is 0 Å². The zero-order chi connectivity index (χ0) is 21.7. The van der Waals surface area contributed by atoms with E-state index in [1.54, 1.807) is 0 Å². The first-order chi connectivity index (χ1) is 15.8. The van der Waals surface area contributed by atoms with Crippen LogP contribution in [-0.4, -0.2) is 14.5 Å². The highest BCUT2D eigenvalue weighted by Gasteiger charge is 2.18. The fraction of sp³-hybridized carbons (Fsp3) is 0. The molecule has 152 valence electrons. The summed E-state index contributed by atoms with van der Waals surface area (Å²) in [5.41, 5.74) is 8.64. The van der Waals surface area contributed by atoms with Crippen LogP contribution in [0.25, 0.3) is 61.8 Å². The number of fused-ring (bicyclic) bond motifs is 4. The highest BCUT2D eigenvalue weighted by molar-refractivity contribution is 6.16. The summed E-state index contributed by atoms with van der Waals surface area (Å²) in [5.74, 6) is 0. The van der Waals surface area contributed by atoms with E-state index in [1.807, 2.05) is 42.6 Å². The van der Waals surface area contributed by atoms with Crippen LogP contribution in [0.5, 0.6) is 0 Å². The van der Waals surface area contributed by atoms with Crippen molar-refractivity contribution in [3.63, 3.8) is 0 Å². The molecule has 32 heavy (non-hydrogen) atoms. The first-order valence-electron chi connectivity index (χ1n) is 10.6. The molecule has 0 aliphatic heterocycles. The summed E-state index contributed by atoms with van der Waals surface area (Å²) < 4.78 is 2.26. The summed E-state index contributed by atoms with van der Waals surface area (Å²) in [6.07, 6.45) is 5.67. The number of hydrogen-bond acceptors (Lipinski definition) is 1. The Kier molecular flexibility index (Phi) is 4.08. The Labute approximate surface area is 186 Å². The van der Waals surface area contributed by atoms with E-state index < -0.39 is 0 Å². The summed E-state index contributed by atoms with van der Waals surface area (Å²) in [6.45, 7) is 8.18. The molecule has 0 fully saturated rings. The van der Waals surface area contributed by atoms with Crippen LogP contribution < -0.4 is 0 Å². The Morgan fingerprint density at radius 2 is 1.62 bits per heavy atom. The molecule has 3 heteroatoms. The molecule has 3 aromatic carbocycles. The number of H-pyrrole nitrogens is 1. The monoisotopic (exact) mass is 411 g/mol. The second kappa shape index (κ2) is 7.10. The number of para-hydroxylation sites is 2. The Hall–Kier alpha value is -4.37. The van der Waals surface area contributed by atoms with E-state index in [0.29, 0.717) is 0 Å². The van der Waals surface area contributed by atoms with Gasteiger partial charge in [0.2, 0.25) is 0 Å². The van der Waals surface area contributed by atoms with Crippen molar-refractivity contribution in [3.05, 3.63) is 109 Å². The number of hydrogen-bond donors (Lipinski definition) is 1. The Morgan fingerprint density at radius 1 is 0.781 bits per heavy atom. The van der Waals surface area contributed by atoms with Crippen LogP contribution >= 0.6 is 0 Å². The van der Waals surface area contributed by atoms with Crippen molar-refractivity contribution in [2.24, 2.45) is 0 Å². The molecule has 0 aliphatic carbocycles. The third kappa shape index (κ3) is 2.58. The topological polar surface area (TPSA) is 33.6 Å². The van der Waals surface area contributed by atoms with E-state index in [9.17, 15) is 0 Å². The molecule has 0 amide bonds. The molecule has 3 aromatic heterocycles. The molecule has 6 aromatic rings. The average Bonchev–Trinajstić information content (AvgIpc) is 3.37. The molecule has 1 N–H and O–H groups in total. The molecule has 0 radical (unpaired) electrons. The summed E-state index contributed by atoms with van der Waals surface area (Å²) in [7, 11) is 0. The number of pyridine rings is 1. The zero-order valence-corrected chi connectivity index (χ0v) is 17.5. The second-order valence-corrected chi connectivity index (χ2v) is 7.86. The van der Waals surface area contributed by atoms with Gasteiger partial charge in [0.05, 0.1) is 22.4 Å². The Bertz CT molecular complexity index is 1630. The molecule has 3 nitrogen and oxygen atoms in total. The van der Waals surface area contributed by atoms with Crippen LogP contribution in [0.4, 0.5) is 0 Å². The van der Waals surface area contributed by atoms with Gasteiger partial charge in [-0.15, -0.1) is 0 Å². The predicted molar refractivity (Wildman–Crippen MR) is 136 cm³/mol. The van der Waals surface area contributed by atoms with Crippen molar-refractivity contribution < 1.29 is 0 Å². The summed E-state index contributed by atoms with van der Waals surface area (Å²) in [5, 5.41) is 3.52. The molecule has 0 atom stereocenters. The van der Waals surface area contributed by atoms with Gasteiger partial charge < -0.3 is 9.55 Å². The molecule has 0 bridgehead atoms. The van der Waals surface area contributed by atoms with E-state index in [1.165, 1.54) is 10.8 Å². The number of rotatable bonds is 4. The van der Waals surface area contributed by atoms with Crippen molar-refractivity contribution in [2.75, 3.05) is 0 Å². The van der Waals surface area contributed by atoms with E-state index in [2.05, 4.69) is 82.3 Å². The maximum atomic E-state index is 4.57. The van der Waals surface area contributed by atoms with Gasteiger partial charge in [-0.05, 0) is 42.5 Å². The van der Waals surface area contributed by atoms with Gasteiger partial charge in [0.1, 0.15) is 0 Å². The standard InChI is InChI=1S/C29H21N3/c1-3-20-24-17-26-23(18-28(24)32(27(20)4-2)19-11-6-5-7-12-19)21-13-10-14-22(29(21)31-26)25-15-8-9-16-30-25/h3-18,31H,1-2H2. The number of nitrogens with zero attached hydrogens (tertiary/aromatic N) is 2. The molecule has 0 saturated carbocycles. The Morgan fingerprint density at radius 3 is 2.38 bits per heavy atom. The normalized spacial score (nSPS) is 11.4. The lowest BCUT2D eigenvalue weighted by atomic mass is 10.0. The minimum absolute atomic E-state index is 0.962. The molecule has 0 unspecified atom stereocenters. The first-order valence-corrected chi connectivity index (χ1v) is 10.6. The highest BCUT2D eigenvalue weighted by atomic mass is 15.0. The van der Waals surface area contributed by atoms with Crippen LogP contribution in [0.3, 0.4) is 0 Å². The van der Waals surface area contributed by atoms with Crippen molar-refractivity contribution in [1.29, 1.82) is 0 Å². The second-order valence-electron chi connectivity index (χ2n) is 7.86. The molecular formula is C29H21N3. The predicted octanol–water partition coefficient (Wildman–Crippen LogP) is 7.61. The van der Waals surface area contributed by atoms with Gasteiger partial charge >= 0.3 is 0 Å². The smallest absolute Gasteiger partial charge is 0.0723 e. The quantitative estimate of drug-likeness (QED) is 0.318. The van der Waals surface area contributed by atoms with Crippen molar-refractivity contribution in [1.82, 2.24) is 14.5 Å². The fourth-order valence-electron chi connectivity index (χ4n) is 4.76. The molecule has 3 heterocycles. The minimum atomic E-state index is 0.962. The fourth-order valence-corrected chi connectivity index (χ4v) is 4.76. The lowest BCUT2D eigenvalue weighted by Crippen LogP contribution is -1.96. The van der Waals surface area contributed by atoms with Gasteiger partial charge in [-0.25, -0.2) is 0 Å². The van der Waals surface area contributed by atoms with Crippen molar-refractivity contribution >= 4 is 44.9 Å². The van der Waals surface area contributed by atoms with Gasteiger partial charge in [-0.3, -0.25) is 4.98 Å². The molecule has 0 saturated heterocycles. The van der Waals surface area contributed by atoms with E-state index in [4.69, 9.17) is 0 Å². The summed E-state index contributed by atoms with van der Waals surface area (Å²) in [4.78, 5) is 8.24. The summed E-state index contributed by atoms with van der Waals surface area (Å²) in [6, 6.07) is 27.3. The average molecular weight is 412 g/mol. The number of benzene rings is 3. The number of aromatic amines is 1. The van der Waals surface area contributed by atoms with Gasteiger partial charge in [0.15, 0.2) is 0 Å².